The predicted molar refractivity (Wildman–Crippen MR) is 88.2 cm³/mol. The Bertz CT molecular complexity index is 660. The number of amides is 1. The minimum absolute atomic E-state index is 0.239. The first kappa shape index (κ1) is 16.0. The predicted octanol–water partition coefficient (Wildman–Crippen LogP) is 2.74. The number of hydrogen-bond donors (Lipinski definition) is 1. The molecule has 1 aromatic carbocycles. The third-order valence-electron chi connectivity index (χ3n) is 2.65. The molecule has 1 N–H and O–H groups in total. The van der Waals surface area contributed by atoms with Crippen LogP contribution in [0.5, 0.6) is 5.75 Å². The average Bonchev–Trinajstić information content (AvgIpc) is 2.66. The molecule has 0 spiro atoms. The van der Waals surface area contributed by atoms with E-state index in [9.17, 15) is 9.59 Å². The Morgan fingerprint density at radius 3 is 2.90 bits per heavy atom. The van der Waals surface area contributed by atoms with E-state index in [0.29, 0.717) is 16.2 Å². The second kappa shape index (κ2) is 6.59. The first-order valence-corrected chi connectivity index (χ1v) is 7.75. The summed E-state index contributed by atoms with van der Waals surface area (Å²) < 4.78 is 6.32. The number of rotatable bonds is 4. The van der Waals surface area contributed by atoms with Crippen LogP contribution in [-0.4, -0.2) is 39.9 Å². The zero-order valence-corrected chi connectivity index (χ0v) is 14.0. The summed E-state index contributed by atoms with van der Waals surface area (Å²) in [4.78, 5) is 24.4. The summed E-state index contributed by atoms with van der Waals surface area (Å²) >= 11 is 9.47. The molecule has 1 amide bonds. The van der Waals surface area contributed by atoms with Gasteiger partial charge in [0.2, 0.25) is 0 Å². The normalized spacial score (nSPS) is 16.7. The minimum atomic E-state index is -1.10. The van der Waals surface area contributed by atoms with Crippen molar-refractivity contribution in [1.29, 1.82) is 0 Å². The Hall–Kier alpha value is -1.38. The number of thiocarbonyl (C=S) groups is 1. The Balaban J connectivity index is 2.35. The summed E-state index contributed by atoms with van der Waals surface area (Å²) in [6, 6.07) is 5.41. The van der Waals surface area contributed by atoms with Crippen LogP contribution in [0.4, 0.5) is 0 Å². The highest BCUT2D eigenvalue weighted by Crippen LogP contribution is 2.34. The van der Waals surface area contributed by atoms with Gasteiger partial charge in [0.05, 0.1) is 12.0 Å². The molecule has 1 heterocycles. The molecule has 0 aromatic heterocycles. The van der Waals surface area contributed by atoms with Crippen molar-refractivity contribution in [1.82, 2.24) is 4.90 Å². The Morgan fingerprint density at radius 1 is 1.57 bits per heavy atom. The Kier molecular flexibility index (Phi) is 5.02. The highest BCUT2D eigenvalue weighted by atomic mass is 79.9. The van der Waals surface area contributed by atoms with Gasteiger partial charge >= 0.3 is 5.97 Å². The topological polar surface area (TPSA) is 66.8 Å². The van der Waals surface area contributed by atoms with E-state index in [1.54, 1.807) is 12.1 Å². The second-order valence-corrected chi connectivity index (χ2v) is 6.64. The van der Waals surface area contributed by atoms with Crippen molar-refractivity contribution in [2.45, 2.75) is 0 Å². The van der Waals surface area contributed by atoms with E-state index in [1.165, 1.54) is 7.11 Å². The van der Waals surface area contributed by atoms with Crippen LogP contribution in [0.2, 0.25) is 0 Å². The number of thioether (sulfide) groups is 1. The van der Waals surface area contributed by atoms with Crippen molar-refractivity contribution < 1.29 is 19.4 Å². The summed E-state index contributed by atoms with van der Waals surface area (Å²) in [5.74, 6) is -0.899. The third-order valence-corrected chi connectivity index (χ3v) is 4.52. The number of carboxylic acids is 1. The van der Waals surface area contributed by atoms with E-state index in [2.05, 4.69) is 15.9 Å². The van der Waals surface area contributed by atoms with Crippen molar-refractivity contribution in [3.8, 4) is 5.75 Å². The molecule has 5 nitrogen and oxygen atoms in total. The number of ether oxygens (including phenoxy) is 1. The summed E-state index contributed by atoms with van der Waals surface area (Å²) in [7, 11) is 1.54. The molecule has 1 saturated heterocycles. The molecule has 0 bridgehead atoms. The van der Waals surface area contributed by atoms with Gasteiger partial charge in [0, 0.05) is 10.0 Å². The van der Waals surface area contributed by atoms with E-state index >= 15 is 0 Å². The van der Waals surface area contributed by atoms with Crippen LogP contribution in [0, 0.1) is 0 Å². The third kappa shape index (κ3) is 3.63. The number of carboxylic acid groups (broad SMARTS) is 1. The van der Waals surface area contributed by atoms with Gasteiger partial charge in [-0.05, 0) is 24.3 Å². The number of halogens is 1. The summed E-state index contributed by atoms with van der Waals surface area (Å²) in [6.07, 6.45) is 1.64. The lowest BCUT2D eigenvalue weighted by atomic mass is 10.2. The molecule has 8 heteroatoms. The van der Waals surface area contributed by atoms with E-state index in [0.717, 1.165) is 21.1 Å². The van der Waals surface area contributed by atoms with Gasteiger partial charge in [-0.3, -0.25) is 14.5 Å². The first-order valence-electron chi connectivity index (χ1n) is 5.73. The molecule has 1 aliphatic rings. The van der Waals surface area contributed by atoms with Crippen LogP contribution in [-0.2, 0) is 9.59 Å². The van der Waals surface area contributed by atoms with Crippen molar-refractivity contribution in [2.24, 2.45) is 0 Å². The zero-order chi connectivity index (χ0) is 15.6. The SMILES string of the molecule is COc1ccc(Br)cc1C=C1SC(=S)N(CC(=O)O)C1=O. The molecule has 1 fully saturated rings. The molecule has 0 radical (unpaired) electrons. The molecule has 1 aliphatic heterocycles. The quantitative estimate of drug-likeness (QED) is 0.632. The number of carbonyl (C=O) groups excluding carboxylic acids is 1. The highest BCUT2D eigenvalue weighted by molar-refractivity contribution is 9.10. The van der Waals surface area contributed by atoms with Gasteiger partial charge in [-0.2, -0.15) is 0 Å². The zero-order valence-electron chi connectivity index (χ0n) is 10.8. The van der Waals surface area contributed by atoms with Gasteiger partial charge in [-0.15, -0.1) is 0 Å². The lowest BCUT2D eigenvalue weighted by Gasteiger charge is -2.10. The number of hydrogen-bond acceptors (Lipinski definition) is 5. The summed E-state index contributed by atoms with van der Waals surface area (Å²) in [5.41, 5.74) is 0.711. The Morgan fingerprint density at radius 2 is 2.29 bits per heavy atom. The summed E-state index contributed by atoms with van der Waals surface area (Å²) in [5, 5.41) is 8.80. The Labute approximate surface area is 139 Å². The van der Waals surface area contributed by atoms with Gasteiger partial charge in [0.25, 0.3) is 5.91 Å². The molecule has 0 saturated carbocycles. The van der Waals surface area contributed by atoms with Crippen LogP contribution in [0.15, 0.2) is 27.6 Å². The second-order valence-electron chi connectivity index (χ2n) is 4.05. The van der Waals surface area contributed by atoms with Crippen molar-refractivity contribution in [3.05, 3.63) is 33.1 Å². The van der Waals surface area contributed by atoms with E-state index < -0.39 is 18.4 Å². The van der Waals surface area contributed by atoms with Crippen LogP contribution in [0.25, 0.3) is 6.08 Å². The lowest BCUT2D eigenvalue weighted by Crippen LogP contribution is -2.33. The molecular weight excluding hydrogens is 378 g/mol. The highest BCUT2D eigenvalue weighted by Gasteiger charge is 2.33. The molecule has 0 unspecified atom stereocenters. The molecule has 2 rings (SSSR count). The first-order chi connectivity index (χ1) is 9.92. The fourth-order valence-electron chi connectivity index (χ4n) is 1.73. The fourth-order valence-corrected chi connectivity index (χ4v) is 3.36. The van der Waals surface area contributed by atoms with Crippen molar-refractivity contribution in [3.63, 3.8) is 0 Å². The lowest BCUT2D eigenvalue weighted by molar-refractivity contribution is -0.140. The number of methoxy groups -OCH3 is 1. The van der Waals surface area contributed by atoms with Gasteiger partial charge in [-0.25, -0.2) is 0 Å². The maximum atomic E-state index is 12.2. The van der Waals surface area contributed by atoms with Crippen molar-refractivity contribution in [2.75, 3.05) is 13.7 Å². The van der Waals surface area contributed by atoms with Gasteiger partial charge in [0.1, 0.15) is 16.6 Å². The number of nitrogens with zero attached hydrogens (tertiary/aromatic N) is 1. The van der Waals surface area contributed by atoms with Crippen molar-refractivity contribution >= 4 is 62.2 Å². The monoisotopic (exact) mass is 387 g/mol. The smallest absolute Gasteiger partial charge is 0.323 e. The van der Waals surface area contributed by atoms with Crippen LogP contribution in [0.3, 0.4) is 0 Å². The molecule has 21 heavy (non-hydrogen) atoms. The standard InChI is InChI=1S/C13H10BrNO4S2/c1-19-9-3-2-8(14)4-7(9)5-10-12(18)15(6-11(16)17)13(20)21-10/h2-5H,6H2,1H3,(H,16,17). The van der Waals surface area contributed by atoms with Gasteiger partial charge < -0.3 is 9.84 Å². The molecule has 0 aliphatic carbocycles. The maximum Gasteiger partial charge on any atom is 0.323 e. The van der Waals surface area contributed by atoms with E-state index in [4.69, 9.17) is 22.1 Å². The largest absolute Gasteiger partial charge is 0.496 e. The molecule has 0 atom stereocenters. The molecule has 1 aromatic rings. The minimum Gasteiger partial charge on any atom is -0.496 e. The molecule has 110 valence electrons. The number of benzene rings is 1. The van der Waals surface area contributed by atoms with Gasteiger partial charge in [0.15, 0.2) is 0 Å². The number of aliphatic carboxylic acids is 1. The fraction of sp³-hybridized carbons (Fsp3) is 0.154. The average molecular weight is 388 g/mol. The molecular formula is C13H10BrNO4S2. The maximum absolute atomic E-state index is 12.2. The van der Waals surface area contributed by atoms with Gasteiger partial charge in [-0.1, -0.05) is 39.9 Å². The van der Waals surface area contributed by atoms with E-state index in [1.807, 2.05) is 12.1 Å². The summed E-state index contributed by atoms with van der Waals surface area (Å²) in [6.45, 7) is -0.433. The van der Waals surface area contributed by atoms with Crippen LogP contribution in [0.1, 0.15) is 5.56 Å². The van der Waals surface area contributed by atoms with Crippen LogP contribution < -0.4 is 4.74 Å². The number of carbonyl (C=O) groups is 2. The van der Waals surface area contributed by atoms with E-state index in [-0.39, 0.29) is 4.32 Å². The van der Waals surface area contributed by atoms with Crippen LogP contribution >= 0.6 is 39.9 Å².